The predicted octanol–water partition coefficient (Wildman–Crippen LogP) is 4.40. The lowest BCUT2D eigenvalue weighted by molar-refractivity contribution is -0.130. The van der Waals surface area contributed by atoms with E-state index in [0.717, 1.165) is 0 Å². The summed E-state index contributed by atoms with van der Waals surface area (Å²) in [6.45, 7) is 0.0478. The Hall–Kier alpha value is -4.46. The van der Waals surface area contributed by atoms with Crippen molar-refractivity contribution in [2.45, 2.75) is 6.42 Å². The van der Waals surface area contributed by atoms with Crippen molar-refractivity contribution < 1.29 is 38.4 Å². The number of carbonyl (C=O) groups excluding carboxylic acids is 1. The zero-order chi connectivity index (χ0) is 24.9. The third kappa shape index (κ3) is 5.06. The highest BCUT2D eigenvalue weighted by atomic mass is 16.7. The lowest BCUT2D eigenvalue weighted by atomic mass is 9.89. The number of carboxylic acids is 1. The van der Waals surface area contributed by atoms with Gasteiger partial charge in [0.2, 0.25) is 6.79 Å². The van der Waals surface area contributed by atoms with E-state index in [4.69, 9.17) is 23.7 Å². The number of hydrogen-bond donors (Lipinski definition) is 1. The number of ketones is 1. The molecule has 0 fully saturated rings. The normalized spacial score (nSPS) is 12.5. The van der Waals surface area contributed by atoms with E-state index in [1.807, 2.05) is 0 Å². The first-order valence-corrected chi connectivity index (χ1v) is 10.7. The minimum Gasteiger partial charge on any atom is -0.497 e. The molecule has 1 N–H and O–H groups in total. The predicted molar refractivity (Wildman–Crippen MR) is 128 cm³/mol. The molecule has 0 saturated heterocycles. The second-order valence-electron chi connectivity index (χ2n) is 7.68. The Balaban J connectivity index is 1.88. The van der Waals surface area contributed by atoms with Gasteiger partial charge < -0.3 is 28.8 Å². The van der Waals surface area contributed by atoms with E-state index >= 15 is 0 Å². The Morgan fingerprint density at radius 2 is 1.37 bits per heavy atom. The van der Waals surface area contributed by atoms with E-state index in [1.165, 1.54) is 21.3 Å². The molecule has 180 valence electrons. The average Bonchev–Trinajstić information content (AvgIpc) is 3.35. The van der Waals surface area contributed by atoms with Gasteiger partial charge in [0.1, 0.15) is 17.2 Å². The highest BCUT2D eigenvalue weighted by Gasteiger charge is 2.26. The number of Topliss-reactive ketones (excluding diaryl/α,β-unsaturated/α-hetero) is 1. The molecule has 0 saturated carbocycles. The van der Waals surface area contributed by atoms with Crippen LogP contribution in [0.15, 0.2) is 66.2 Å². The molecule has 3 aromatic rings. The Labute approximate surface area is 202 Å². The standard InChI is InChI=1S/C27H24O8/c1-31-19-7-4-17(5-8-19)26(28)22(12-16-10-20(32-2)14-21(11-16)33-3)25(27(29)30)18-6-9-23-24(13-18)35-15-34-23/h4-11,13-14H,12,15H2,1-3H3,(H,29,30)/b25-22-. The summed E-state index contributed by atoms with van der Waals surface area (Å²) in [7, 11) is 4.57. The van der Waals surface area contributed by atoms with E-state index in [9.17, 15) is 14.7 Å². The average molecular weight is 476 g/mol. The minimum absolute atomic E-state index is 0.0223. The lowest BCUT2D eigenvalue weighted by Gasteiger charge is -2.15. The van der Waals surface area contributed by atoms with Crippen LogP contribution in [0, 0.1) is 0 Å². The van der Waals surface area contributed by atoms with Gasteiger partial charge in [-0.2, -0.15) is 0 Å². The van der Waals surface area contributed by atoms with Crippen LogP contribution in [-0.4, -0.2) is 45.0 Å². The van der Waals surface area contributed by atoms with Crippen LogP contribution in [0.2, 0.25) is 0 Å². The topological polar surface area (TPSA) is 101 Å². The van der Waals surface area contributed by atoms with Crippen molar-refractivity contribution in [3.8, 4) is 28.7 Å². The van der Waals surface area contributed by atoms with Gasteiger partial charge in [-0.25, -0.2) is 4.79 Å². The fourth-order valence-electron chi connectivity index (χ4n) is 3.85. The number of methoxy groups -OCH3 is 3. The highest BCUT2D eigenvalue weighted by Crippen LogP contribution is 2.36. The van der Waals surface area contributed by atoms with Gasteiger partial charge in [-0.05, 0) is 59.7 Å². The van der Waals surface area contributed by atoms with E-state index in [-0.39, 0.29) is 24.4 Å². The summed E-state index contributed by atoms with van der Waals surface area (Å²) in [5.41, 5.74) is 1.27. The van der Waals surface area contributed by atoms with Crippen LogP contribution in [-0.2, 0) is 11.2 Å². The van der Waals surface area contributed by atoms with Gasteiger partial charge in [0, 0.05) is 23.6 Å². The van der Waals surface area contributed by atoms with Crippen molar-refractivity contribution in [2.24, 2.45) is 0 Å². The summed E-state index contributed by atoms with van der Waals surface area (Å²) in [6.07, 6.45) is 0.0223. The van der Waals surface area contributed by atoms with Crippen molar-refractivity contribution in [1.82, 2.24) is 0 Å². The first-order chi connectivity index (χ1) is 16.9. The molecular weight excluding hydrogens is 452 g/mol. The van der Waals surface area contributed by atoms with Crippen molar-refractivity contribution in [2.75, 3.05) is 28.1 Å². The Bertz CT molecular complexity index is 1270. The second-order valence-corrected chi connectivity index (χ2v) is 7.68. The molecule has 0 spiro atoms. The zero-order valence-corrected chi connectivity index (χ0v) is 19.5. The molecule has 0 aliphatic carbocycles. The molecule has 1 heterocycles. The molecular formula is C27H24O8. The van der Waals surface area contributed by atoms with Crippen LogP contribution in [0.5, 0.6) is 28.7 Å². The number of rotatable bonds is 9. The van der Waals surface area contributed by atoms with Crippen molar-refractivity contribution in [1.29, 1.82) is 0 Å². The molecule has 4 rings (SSSR count). The maximum atomic E-state index is 13.7. The number of ether oxygens (including phenoxy) is 5. The molecule has 3 aromatic carbocycles. The molecule has 0 unspecified atom stereocenters. The molecule has 0 amide bonds. The molecule has 0 atom stereocenters. The smallest absolute Gasteiger partial charge is 0.336 e. The van der Waals surface area contributed by atoms with Gasteiger partial charge in [0.05, 0.1) is 26.9 Å². The maximum Gasteiger partial charge on any atom is 0.336 e. The van der Waals surface area contributed by atoms with E-state index in [2.05, 4.69) is 0 Å². The molecule has 0 radical (unpaired) electrons. The third-order valence-electron chi connectivity index (χ3n) is 5.60. The largest absolute Gasteiger partial charge is 0.497 e. The number of carboxylic acid groups (broad SMARTS) is 1. The highest BCUT2D eigenvalue weighted by molar-refractivity contribution is 6.26. The van der Waals surface area contributed by atoms with Gasteiger partial charge in [0.15, 0.2) is 17.3 Å². The first-order valence-electron chi connectivity index (χ1n) is 10.7. The van der Waals surface area contributed by atoms with Crippen LogP contribution in [0.3, 0.4) is 0 Å². The summed E-state index contributed by atoms with van der Waals surface area (Å²) in [6, 6.07) is 16.5. The van der Waals surface area contributed by atoms with Gasteiger partial charge >= 0.3 is 5.97 Å². The summed E-state index contributed by atoms with van der Waals surface area (Å²) >= 11 is 0. The second kappa shape index (κ2) is 10.2. The molecule has 0 aromatic heterocycles. The Morgan fingerprint density at radius 1 is 0.771 bits per heavy atom. The number of hydrogen-bond acceptors (Lipinski definition) is 7. The summed E-state index contributed by atoms with van der Waals surface area (Å²) in [5.74, 6) is 0.893. The summed E-state index contributed by atoms with van der Waals surface area (Å²) in [5, 5.41) is 10.3. The number of benzene rings is 3. The van der Waals surface area contributed by atoms with Gasteiger partial charge in [-0.1, -0.05) is 6.07 Å². The first kappa shape index (κ1) is 23.7. The molecule has 8 heteroatoms. The summed E-state index contributed by atoms with van der Waals surface area (Å²) < 4.78 is 26.7. The number of aliphatic carboxylic acids is 1. The number of allylic oxidation sites excluding steroid dienone is 1. The third-order valence-corrected chi connectivity index (χ3v) is 5.60. The SMILES string of the molecule is COc1ccc(C(=O)/C(Cc2cc(OC)cc(OC)c2)=C(\C(=O)O)c2ccc3c(c2)OCO3)cc1. The van der Waals surface area contributed by atoms with Crippen LogP contribution in [0.1, 0.15) is 21.5 Å². The molecule has 0 bridgehead atoms. The van der Waals surface area contributed by atoms with Crippen molar-refractivity contribution in [3.63, 3.8) is 0 Å². The van der Waals surface area contributed by atoms with Gasteiger partial charge in [0.25, 0.3) is 0 Å². The number of carbonyl (C=O) groups is 2. The van der Waals surface area contributed by atoms with Crippen LogP contribution in [0.4, 0.5) is 0 Å². The quantitative estimate of drug-likeness (QED) is 0.358. The molecule has 1 aliphatic heterocycles. The Morgan fingerprint density at radius 3 is 1.97 bits per heavy atom. The van der Waals surface area contributed by atoms with Crippen LogP contribution < -0.4 is 23.7 Å². The van der Waals surface area contributed by atoms with Crippen LogP contribution >= 0.6 is 0 Å². The minimum atomic E-state index is -1.24. The Kier molecular flexibility index (Phi) is 6.91. The zero-order valence-electron chi connectivity index (χ0n) is 19.5. The molecule has 35 heavy (non-hydrogen) atoms. The van der Waals surface area contributed by atoms with E-state index in [1.54, 1.807) is 60.7 Å². The molecule has 1 aliphatic rings. The van der Waals surface area contributed by atoms with Gasteiger partial charge in [-0.3, -0.25) is 4.79 Å². The fraction of sp³-hybridized carbons (Fsp3) is 0.185. The van der Waals surface area contributed by atoms with Crippen molar-refractivity contribution >= 4 is 17.3 Å². The fourth-order valence-corrected chi connectivity index (χ4v) is 3.85. The lowest BCUT2D eigenvalue weighted by Crippen LogP contribution is -2.14. The maximum absolute atomic E-state index is 13.7. The molecule has 8 nitrogen and oxygen atoms in total. The van der Waals surface area contributed by atoms with E-state index < -0.39 is 11.8 Å². The van der Waals surface area contributed by atoms with Gasteiger partial charge in [-0.15, -0.1) is 0 Å². The van der Waals surface area contributed by atoms with Crippen LogP contribution in [0.25, 0.3) is 5.57 Å². The van der Waals surface area contributed by atoms with E-state index in [0.29, 0.717) is 45.4 Å². The number of fused-ring (bicyclic) bond motifs is 1. The monoisotopic (exact) mass is 476 g/mol. The summed E-state index contributed by atoms with van der Waals surface area (Å²) in [4.78, 5) is 26.3. The van der Waals surface area contributed by atoms with Crippen molar-refractivity contribution in [3.05, 3.63) is 82.9 Å².